The fraction of sp³-hybridized carbons (Fsp3) is 0.316. The van der Waals surface area contributed by atoms with E-state index in [1.807, 2.05) is 0 Å². The highest BCUT2D eigenvalue weighted by atomic mass is 16.5. The van der Waals surface area contributed by atoms with E-state index in [-0.39, 0.29) is 17.0 Å². The molecular formula is C19H19N3O6. The second kappa shape index (κ2) is 7.63. The van der Waals surface area contributed by atoms with Gasteiger partial charge in [0.05, 0.1) is 16.8 Å². The Morgan fingerprint density at radius 2 is 1.79 bits per heavy atom. The van der Waals surface area contributed by atoms with Gasteiger partial charge >= 0.3 is 5.97 Å². The molecule has 1 N–H and O–H groups in total. The van der Waals surface area contributed by atoms with Gasteiger partial charge in [0.2, 0.25) is 5.88 Å². The zero-order valence-corrected chi connectivity index (χ0v) is 15.6. The molecule has 0 bridgehead atoms. The molecule has 1 atom stereocenters. The number of fused-ring (bicyclic) bond motifs is 1. The predicted octanol–water partition coefficient (Wildman–Crippen LogP) is 1.79. The van der Waals surface area contributed by atoms with Crippen molar-refractivity contribution < 1.29 is 28.4 Å². The van der Waals surface area contributed by atoms with Crippen LogP contribution in [0.2, 0.25) is 0 Å². The Kier molecular flexibility index (Phi) is 5.25. The summed E-state index contributed by atoms with van der Waals surface area (Å²) in [5.41, 5.74) is 1.06. The summed E-state index contributed by atoms with van der Waals surface area (Å²) in [6.45, 7) is 4.47. The Morgan fingerprint density at radius 1 is 1.18 bits per heavy atom. The number of rotatable bonds is 6. The third kappa shape index (κ3) is 3.64. The molecule has 0 saturated heterocycles. The number of esters is 1. The standard InChI is InChI=1S/C19H19N3O6/c1-10(2)16(22-17(24)12-6-4-5-7-13(12)18(22)25)19(26)27-9-14(23)20-15-8-11(3)21-28-15/h4-8,10,16H,9H2,1-3H3,(H,20,23)/t16-/m0/s1. The van der Waals surface area contributed by atoms with E-state index < -0.39 is 42.3 Å². The van der Waals surface area contributed by atoms with Crippen molar-refractivity contribution in [1.29, 1.82) is 0 Å². The van der Waals surface area contributed by atoms with Crippen molar-refractivity contribution in [3.8, 4) is 0 Å². The molecule has 1 aliphatic rings. The number of anilines is 1. The van der Waals surface area contributed by atoms with Gasteiger partial charge in [-0.25, -0.2) is 4.79 Å². The number of amides is 3. The van der Waals surface area contributed by atoms with Gasteiger partial charge in [0.25, 0.3) is 17.7 Å². The zero-order valence-electron chi connectivity index (χ0n) is 15.6. The van der Waals surface area contributed by atoms with Gasteiger partial charge in [-0.15, -0.1) is 0 Å². The minimum absolute atomic E-state index is 0.124. The maximum Gasteiger partial charge on any atom is 0.330 e. The van der Waals surface area contributed by atoms with E-state index in [0.29, 0.717) is 5.69 Å². The number of nitrogens with one attached hydrogen (secondary N) is 1. The van der Waals surface area contributed by atoms with E-state index in [9.17, 15) is 19.2 Å². The minimum Gasteiger partial charge on any atom is -0.454 e. The van der Waals surface area contributed by atoms with E-state index in [4.69, 9.17) is 9.26 Å². The van der Waals surface area contributed by atoms with Gasteiger partial charge in [0.15, 0.2) is 6.61 Å². The second-order valence-corrected chi connectivity index (χ2v) is 6.70. The Morgan fingerprint density at radius 3 is 2.29 bits per heavy atom. The number of carbonyl (C=O) groups excluding carboxylic acids is 4. The van der Waals surface area contributed by atoms with Crippen LogP contribution in [0.4, 0.5) is 5.88 Å². The summed E-state index contributed by atoms with van der Waals surface area (Å²) in [5.74, 6) is -2.87. The molecule has 28 heavy (non-hydrogen) atoms. The second-order valence-electron chi connectivity index (χ2n) is 6.70. The summed E-state index contributed by atoms with van der Waals surface area (Å²) in [7, 11) is 0. The smallest absolute Gasteiger partial charge is 0.330 e. The highest BCUT2D eigenvalue weighted by molar-refractivity contribution is 6.22. The predicted molar refractivity (Wildman–Crippen MR) is 96.4 cm³/mol. The number of aromatic nitrogens is 1. The summed E-state index contributed by atoms with van der Waals surface area (Å²) < 4.78 is 9.91. The Labute approximate surface area is 160 Å². The van der Waals surface area contributed by atoms with Gasteiger partial charge in [-0.1, -0.05) is 31.1 Å². The van der Waals surface area contributed by atoms with E-state index in [0.717, 1.165) is 4.90 Å². The molecule has 3 amide bonds. The van der Waals surface area contributed by atoms with Crippen molar-refractivity contribution >= 4 is 29.6 Å². The first-order chi connectivity index (χ1) is 13.3. The third-order valence-corrected chi connectivity index (χ3v) is 4.21. The molecule has 1 aliphatic heterocycles. The van der Waals surface area contributed by atoms with Crippen molar-refractivity contribution in [2.45, 2.75) is 26.8 Å². The number of ether oxygens (including phenoxy) is 1. The number of hydrogen-bond donors (Lipinski definition) is 1. The normalized spacial score (nSPS) is 14.2. The van der Waals surface area contributed by atoms with Crippen molar-refractivity contribution in [2.24, 2.45) is 5.92 Å². The van der Waals surface area contributed by atoms with E-state index in [1.54, 1.807) is 32.9 Å². The van der Waals surface area contributed by atoms with E-state index in [1.165, 1.54) is 18.2 Å². The lowest BCUT2D eigenvalue weighted by molar-refractivity contribution is -0.152. The van der Waals surface area contributed by atoms with Crippen LogP contribution in [0.15, 0.2) is 34.9 Å². The summed E-state index contributed by atoms with van der Waals surface area (Å²) in [6, 6.07) is 6.72. The molecular weight excluding hydrogens is 366 g/mol. The molecule has 0 saturated carbocycles. The van der Waals surface area contributed by atoms with Crippen LogP contribution in [-0.4, -0.2) is 46.4 Å². The largest absolute Gasteiger partial charge is 0.454 e. The van der Waals surface area contributed by atoms with Gasteiger partial charge in [0, 0.05) is 6.07 Å². The molecule has 146 valence electrons. The van der Waals surface area contributed by atoms with Crippen molar-refractivity contribution in [3.05, 3.63) is 47.2 Å². The van der Waals surface area contributed by atoms with Gasteiger partial charge in [0.1, 0.15) is 6.04 Å². The lowest BCUT2D eigenvalue weighted by Gasteiger charge is -2.27. The molecule has 0 spiro atoms. The van der Waals surface area contributed by atoms with Gasteiger partial charge < -0.3 is 9.26 Å². The third-order valence-electron chi connectivity index (χ3n) is 4.21. The topological polar surface area (TPSA) is 119 Å². The van der Waals surface area contributed by atoms with E-state index >= 15 is 0 Å². The average molecular weight is 385 g/mol. The van der Waals surface area contributed by atoms with Crippen LogP contribution in [0.25, 0.3) is 0 Å². The quantitative estimate of drug-likeness (QED) is 0.595. The molecule has 0 aliphatic carbocycles. The lowest BCUT2D eigenvalue weighted by Crippen LogP contribution is -2.49. The number of imide groups is 1. The van der Waals surface area contributed by atoms with Crippen molar-refractivity contribution in [2.75, 3.05) is 11.9 Å². The first-order valence-electron chi connectivity index (χ1n) is 8.66. The van der Waals surface area contributed by atoms with Crippen LogP contribution in [0, 0.1) is 12.8 Å². The molecule has 3 rings (SSSR count). The SMILES string of the molecule is Cc1cc(NC(=O)COC(=O)[C@H](C(C)C)N2C(=O)c3ccccc3C2=O)on1. The Hall–Kier alpha value is -3.49. The number of hydrogen-bond acceptors (Lipinski definition) is 7. The highest BCUT2D eigenvalue weighted by Gasteiger charge is 2.44. The molecule has 1 aromatic carbocycles. The highest BCUT2D eigenvalue weighted by Crippen LogP contribution is 2.27. The van der Waals surface area contributed by atoms with Gasteiger partial charge in [-0.2, -0.15) is 0 Å². The molecule has 2 aromatic rings. The van der Waals surface area contributed by atoms with Crippen LogP contribution < -0.4 is 5.32 Å². The van der Waals surface area contributed by atoms with Crippen molar-refractivity contribution in [3.63, 3.8) is 0 Å². The molecule has 9 nitrogen and oxygen atoms in total. The van der Waals surface area contributed by atoms with Crippen LogP contribution >= 0.6 is 0 Å². The van der Waals surface area contributed by atoms with Gasteiger partial charge in [-0.3, -0.25) is 24.6 Å². The van der Waals surface area contributed by atoms with Crippen LogP contribution in [0.5, 0.6) is 0 Å². The minimum atomic E-state index is -1.15. The first kappa shape index (κ1) is 19.3. The Balaban J connectivity index is 1.69. The van der Waals surface area contributed by atoms with Crippen LogP contribution in [-0.2, 0) is 14.3 Å². The fourth-order valence-electron chi connectivity index (χ4n) is 2.95. The maximum atomic E-state index is 12.6. The maximum absolute atomic E-state index is 12.6. The zero-order chi connectivity index (χ0) is 20.4. The van der Waals surface area contributed by atoms with Crippen molar-refractivity contribution in [1.82, 2.24) is 10.1 Å². The van der Waals surface area contributed by atoms with E-state index in [2.05, 4.69) is 10.5 Å². The molecule has 1 aromatic heterocycles. The number of carbonyl (C=O) groups is 4. The van der Waals surface area contributed by atoms with Crippen LogP contribution in [0.3, 0.4) is 0 Å². The molecule has 0 unspecified atom stereocenters. The Bertz CT molecular complexity index is 914. The summed E-state index contributed by atoms with van der Waals surface area (Å²) in [4.78, 5) is 50.7. The average Bonchev–Trinajstić information content (AvgIpc) is 3.16. The fourth-order valence-corrected chi connectivity index (χ4v) is 2.95. The molecule has 9 heteroatoms. The van der Waals surface area contributed by atoms with Crippen LogP contribution in [0.1, 0.15) is 40.3 Å². The number of nitrogens with zero attached hydrogens (tertiary/aromatic N) is 2. The van der Waals surface area contributed by atoms with Gasteiger partial charge in [-0.05, 0) is 25.0 Å². The first-order valence-corrected chi connectivity index (χ1v) is 8.66. The molecule has 0 radical (unpaired) electrons. The molecule has 0 fully saturated rings. The summed E-state index contributed by atoms with van der Waals surface area (Å²) >= 11 is 0. The summed E-state index contributed by atoms with van der Waals surface area (Å²) in [5, 5.41) is 6.02. The summed E-state index contributed by atoms with van der Waals surface area (Å²) in [6.07, 6.45) is 0. The number of aryl methyl sites for hydroxylation is 1. The molecule has 2 heterocycles. The number of benzene rings is 1. The monoisotopic (exact) mass is 385 g/mol. The lowest BCUT2D eigenvalue weighted by atomic mass is 10.0.